The lowest BCUT2D eigenvalue weighted by molar-refractivity contribution is -0.127. The SMILES string of the molecule is O=C(CN1CCN(C(=O)/C=C/c2cccc(Cl)c2)CC1)Nc1cccc(F)c1. The number of hydrogen-bond acceptors (Lipinski definition) is 3. The van der Waals surface area contributed by atoms with Gasteiger partial charge in [-0.25, -0.2) is 4.39 Å². The zero-order chi connectivity index (χ0) is 19.9. The third-order valence-electron chi connectivity index (χ3n) is 4.43. The molecule has 0 saturated carbocycles. The van der Waals surface area contributed by atoms with Crippen LogP contribution in [-0.4, -0.2) is 54.3 Å². The van der Waals surface area contributed by atoms with Crippen LogP contribution in [0.3, 0.4) is 0 Å². The van der Waals surface area contributed by atoms with Crippen LogP contribution in [0.1, 0.15) is 5.56 Å². The van der Waals surface area contributed by atoms with E-state index in [9.17, 15) is 14.0 Å². The lowest BCUT2D eigenvalue weighted by Gasteiger charge is -2.33. The fourth-order valence-electron chi connectivity index (χ4n) is 2.98. The first-order valence-corrected chi connectivity index (χ1v) is 9.38. The number of hydrogen-bond donors (Lipinski definition) is 1. The number of piperazine rings is 1. The smallest absolute Gasteiger partial charge is 0.246 e. The van der Waals surface area contributed by atoms with E-state index in [-0.39, 0.29) is 18.4 Å². The Morgan fingerprint density at radius 3 is 2.54 bits per heavy atom. The highest BCUT2D eigenvalue weighted by Crippen LogP contribution is 2.13. The van der Waals surface area contributed by atoms with Crippen LogP contribution >= 0.6 is 11.6 Å². The van der Waals surface area contributed by atoms with Gasteiger partial charge in [0.15, 0.2) is 0 Å². The van der Waals surface area contributed by atoms with Gasteiger partial charge in [-0.15, -0.1) is 0 Å². The average molecular weight is 402 g/mol. The molecule has 1 N–H and O–H groups in total. The predicted octanol–water partition coefficient (Wildman–Crippen LogP) is 3.28. The van der Waals surface area contributed by atoms with Crippen molar-refractivity contribution < 1.29 is 14.0 Å². The normalized spacial score (nSPS) is 15.0. The third-order valence-corrected chi connectivity index (χ3v) is 4.66. The molecule has 0 aliphatic carbocycles. The predicted molar refractivity (Wildman–Crippen MR) is 109 cm³/mol. The molecule has 28 heavy (non-hydrogen) atoms. The van der Waals surface area contributed by atoms with Crippen LogP contribution in [0, 0.1) is 5.82 Å². The molecule has 3 rings (SSSR count). The van der Waals surface area contributed by atoms with Gasteiger partial charge in [0.1, 0.15) is 5.82 Å². The van der Waals surface area contributed by atoms with E-state index in [0.29, 0.717) is 36.9 Å². The Balaban J connectivity index is 1.44. The second kappa shape index (κ2) is 9.48. The molecule has 1 aliphatic heterocycles. The van der Waals surface area contributed by atoms with E-state index in [1.165, 1.54) is 18.2 Å². The number of benzene rings is 2. The van der Waals surface area contributed by atoms with Crippen molar-refractivity contribution in [1.82, 2.24) is 9.80 Å². The van der Waals surface area contributed by atoms with Crippen molar-refractivity contribution in [1.29, 1.82) is 0 Å². The van der Waals surface area contributed by atoms with Crippen LogP contribution in [-0.2, 0) is 9.59 Å². The minimum atomic E-state index is -0.393. The number of nitrogens with zero attached hydrogens (tertiary/aromatic N) is 2. The highest BCUT2D eigenvalue weighted by molar-refractivity contribution is 6.30. The summed E-state index contributed by atoms with van der Waals surface area (Å²) in [6.45, 7) is 2.51. The van der Waals surface area contributed by atoms with Gasteiger partial charge >= 0.3 is 0 Å². The van der Waals surface area contributed by atoms with E-state index in [2.05, 4.69) is 5.32 Å². The van der Waals surface area contributed by atoms with Crippen molar-refractivity contribution in [2.45, 2.75) is 0 Å². The Bertz CT molecular complexity index is 879. The molecule has 0 unspecified atom stereocenters. The lowest BCUT2D eigenvalue weighted by Crippen LogP contribution is -2.50. The van der Waals surface area contributed by atoms with Crippen molar-refractivity contribution in [3.8, 4) is 0 Å². The first kappa shape index (κ1) is 20.0. The summed E-state index contributed by atoms with van der Waals surface area (Å²) in [6.07, 6.45) is 3.28. The number of nitrogens with one attached hydrogen (secondary N) is 1. The van der Waals surface area contributed by atoms with Crippen LogP contribution in [0.4, 0.5) is 10.1 Å². The molecule has 2 amide bonds. The fourth-order valence-corrected chi connectivity index (χ4v) is 3.18. The molecule has 5 nitrogen and oxygen atoms in total. The van der Waals surface area contributed by atoms with Crippen LogP contribution in [0.15, 0.2) is 54.6 Å². The van der Waals surface area contributed by atoms with E-state index >= 15 is 0 Å². The maximum Gasteiger partial charge on any atom is 0.246 e. The summed E-state index contributed by atoms with van der Waals surface area (Å²) in [7, 11) is 0. The van der Waals surface area contributed by atoms with Crippen molar-refractivity contribution in [3.05, 3.63) is 71.0 Å². The van der Waals surface area contributed by atoms with Gasteiger partial charge in [0, 0.05) is 43.0 Å². The van der Waals surface area contributed by atoms with Crippen molar-refractivity contribution in [2.24, 2.45) is 0 Å². The second-order valence-electron chi connectivity index (χ2n) is 6.55. The van der Waals surface area contributed by atoms with Gasteiger partial charge in [-0.1, -0.05) is 29.8 Å². The first-order chi connectivity index (χ1) is 13.5. The van der Waals surface area contributed by atoms with Crippen molar-refractivity contribution in [2.75, 3.05) is 38.0 Å². The number of rotatable bonds is 5. The maximum atomic E-state index is 13.2. The summed E-state index contributed by atoms with van der Waals surface area (Å²) in [5, 5.41) is 3.31. The maximum absolute atomic E-state index is 13.2. The molecule has 146 valence electrons. The molecule has 0 atom stereocenters. The van der Waals surface area contributed by atoms with Crippen LogP contribution in [0.25, 0.3) is 6.08 Å². The van der Waals surface area contributed by atoms with E-state index in [1.54, 1.807) is 35.2 Å². The molecule has 1 saturated heterocycles. The van der Waals surface area contributed by atoms with Gasteiger partial charge in [-0.3, -0.25) is 14.5 Å². The zero-order valence-corrected chi connectivity index (χ0v) is 16.0. The molecule has 0 aromatic heterocycles. The highest BCUT2D eigenvalue weighted by Gasteiger charge is 2.21. The standard InChI is InChI=1S/C21H21ClFN3O2/c22-17-4-1-3-16(13-17)7-8-21(28)26-11-9-25(10-12-26)15-20(27)24-19-6-2-5-18(23)14-19/h1-8,13-14H,9-12,15H2,(H,24,27)/b8-7+. The van der Waals surface area contributed by atoms with Gasteiger partial charge in [0.25, 0.3) is 0 Å². The largest absolute Gasteiger partial charge is 0.337 e. The van der Waals surface area contributed by atoms with E-state index in [0.717, 1.165) is 5.56 Å². The Labute approximate surface area is 168 Å². The quantitative estimate of drug-likeness (QED) is 0.782. The number of amides is 2. The number of carbonyl (C=O) groups is 2. The molecule has 2 aromatic carbocycles. The number of anilines is 1. The first-order valence-electron chi connectivity index (χ1n) is 9.00. The summed E-state index contributed by atoms with van der Waals surface area (Å²) in [4.78, 5) is 28.2. The monoisotopic (exact) mass is 401 g/mol. The molecule has 1 heterocycles. The van der Waals surface area contributed by atoms with E-state index < -0.39 is 5.82 Å². The number of carbonyl (C=O) groups excluding carboxylic acids is 2. The van der Waals surface area contributed by atoms with Crippen molar-refractivity contribution in [3.63, 3.8) is 0 Å². The average Bonchev–Trinajstić information content (AvgIpc) is 2.67. The van der Waals surface area contributed by atoms with Crippen molar-refractivity contribution >= 4 is 35.2 Å². The Kier molecular flexibility index (Phi) is 6.79. The molecule has 2 aromatic rings. The molecular formula is C21H21ClFN3O2. The minimum absolute atomic E-state index is 0.0659. The van der Waals surface area contributed by atoms with Gasteiger partial charge in [0.2, 0.25) is 11.8 Å². The number of halogens is 2. The van der Waals surface area contributed by atoms with Gasteiger partial charge in [0.05, 0.1) is 6.54 Å². The summed E-state index contributed by atoms with van der Waals surface area (Å²) < 4.78 is 13.2. The molecule has 0 spiro atoms. The Morgan fingerprint density at radius 1 is 1.07 bits per heavy atom. The van der Waals surface area contributed by atoms with Gasteiger partial charge < -0.3 is 10.2 Å². The van der Waals surface area contributed by atoms with Gasteiger partial charge in [-0.2, -0.15) is 0 Å². The topological polar surface area (TPSA) is 52.7 Å². The summed E-state index contributed by atoms with van der Waals surface area (Å²) in [5.41, 5.74) is 1.30. The fraction of sp³-hybridized carbons (Fsp3) is 0.238. The highest BCUT2D eigenvalue weighted by atomic mass is 35.5. The molecule has 0 radical (unpaired) electrons. The molecule has 1 aliphatic rings. The van der Waals surface area contributed by atoms with Crippen LogP contribution < -0.4 is 5.32 Å². The molecule has 7 heteroatoms. The van der Waals surface area contributed by atoms with E-state index in [4.69, 9.17) is 11.6 Å². The second-order valence-corrected chi connectivity index (χ2v) is 6.98. The van der Waals surface area contributed by atoms with Gasteiger partial charge in [-0.05, 0) is 42.0 Å². The minimum Gasteiger partial charge on any atom is -0.337 e. The summed E-state index contributed by atoms with van der Waals surface area (Å²) in [5.74, 6) is -0.661. The Morgan fingerprint density at radius 2 is 1.82 bits per heavy atom. The molecule has 0 bridgehead atoms. The van der Waals surface area contributed by atoms with Crippen LogP contribution in [0.5, 0.6) is 0 Å². The van der Waals surface area contributed by atoms with E-state index in [1.807, 2.05) is 17.0 Å². The zero-order valence-electron chi connectivity index (χ0n) is 15.3. The molecular weight excluding hydrogens is 381 g/mol. The molecule has 1 fully saturated rings. The third kappa shape index (κ3) is 5.90. The van der Waals surface area contributed by atoms with Crippen LogP contribution in [0.2, 0.25) is 5.02 Å². The Hall–Kier alpha value is -2.70. The summed E-state index contributed by atoms with van der Waals surface area (Å²) >= 11 is 5.94. The summed E-state index contributed by atoms with van der Waals surface area (Å²) in [6, 6.07) is 13.1. The lowest BCUT2D eigenvalue weighted by atomic mass is 10.2.